The van der Waals surface area contributed by atoms with Crippen LogP contribution in [-0.2, 0) is 6.54 Å². The molecule has 0 unspecified atom stereocenters. The zero-order valence-electron chi connectivity index (χ0n) is 13.1. The van der Waals surface area contributed by atoms with E-state index < -0.39 is 0 Å². The fourth-order valence-corrected chi connectivity index (χ4v) is 2.78. The minimum absolute atomic E-state index is 0.747. The van der Waals surface area contributed by atoms with Crippen molar-refractivity contribution in [3.05, 3.63) is 33.3 Å². The molecule has 0 saturated carbocycles. The van der Waals surface area contributed by atoms with E-state index in [1.165, 1.54) is 18.4 Å². The van der Waals surface area contributed by atoms with Crippen LogP contribution in [0.2, 0.25) is 5.02 Å². The first-order valence-corrected chi connectivity index (χ1v) is 8.72. The lowest BCUT2D eigenvalue weighted by Crippen LogP contribution is -2.27. The molecule has 0 aromatic heterocycles. The molecular formula is C17H27BrClN. The Morgan fingerprint density at radius 3 is 2.05 bits per heavy atom. The summed E-state index contributed by atoms with van der Waals surface area (Å²) in [4.78, 5) is 2.54. The summed E-state index contributed by atoms with van der Waals surface area (Å²) in [6, 6.07) is 6.19. The molecule has 1 aromatic rings. The van der Waals surface area contributed by atoms with Crippen LogP contribution in [0.15, 0.2) is 22.7 Å². The van der Waals surface area contributed by atoms with Gasteiger partial charge < -0.3 is 0 Å². The lowest BCUT2D eigenvalue weighted by Gasteiger charge is -2.24. The molecule has 0 fully saturated rings. The van der Waals surface area contributed by atoms with E-state index in [9.17, 15) is 0 Å². The molecule has 3 heteroatoms. The molecule has 1 nitrogen and oxygen atoms in total. The van der Waals surface area contributed by atoms with Gasteiger partial charge in [0.2, 0.25) is 0 Å². The van der Waals surface area contributed by atoms with Crippen molar-refractivity contribution < 1.29 is 0 Å². The van der Waals surface area contributed by atoms with Crippen LogP contribution in [0, 0.1) is 11.8 Å². The normalized spacial score (nSPS) is 11.8. The van der Waals surface area contributed by atoms with E-state index in [0.29, 0.717) is 0 Å². The number of hydrogen-bond acceptors (Lipinski definition) is 1. The van der Waals surface area contributed by atoms with E-state index in [1.807, 2.05) is 6.07 Å². The maximum absolute atomic E-state index is 6.34. The molecule has 0 aliphatic carbocycles. The van der Waals surface area contributed by atoms with E-state index in [0.717, 1.165) is 41.0 Å². The molecule has 0 saturated heterocycles. The fourth-order valence-electron chi connectivity index (χ4n) is 2.04. The Bertz CT molecular complexity index is 392. The standard InChI is InChI=1S/C17H27BrClN/c1-13(2)7-9-20(10-8-14(3)4)12-15-5-6-16(18)11-17(15)19/h5-6,11,13-14H,7-10,12H2,1-4H3. The number of nitrogens with zero attached hydrogens (tertiary/aromatic N) is 1. The molecule has 0 aliphatic rings. The third-order valence-electron chi connectivity index (χ3n) is 3.45. The zero-order chi connectivity index (χ0) is 15.1. The smallest absolute Gasteiger partial charge is 0.0462 e. The van der Waals surface area contributed by atoms with Crippen molar-refractivity contribution in [2.75, 3.05) is 13.1 Å². The molecule has 0 aliphatic heterocycles. The first kappa shape index (κ1) is 18.0. The van der Waals surface area contributed by atoms with Gasteiger partial charge in [-0.2, -0.15) is 0 Å². The molecule has 20 heavy (non-hydrogen) atoms. The highest BCUT2D eigenvalue weighted by atomic mass is 79.9. The van der Waals surface area contributed by atoms with Gasteiger partial charge in [0.15, 0.2) is 0 Å². The van der Waals surface area contributed by atoms with Gasteiger partial charge in [-0.25, -0.2) is 0 Å². The molecule has 0 spiro atoms. The average molecular weight is 361 g/mol. The van der Waals surface area contributed by atoms with Gasteiger partial charge >= 0.3 is 0 Å². The quantitative estimate of drug-likeness (QED) is 0.550. The predicted octanol–water partition coefficient (Wildman–Crippen LogP) is 6.00. The minimum Gasteiger partial charge on any atom is -0.299 e. The second-order valence-electron chi connectivity index (χ2n) is 6.38. The van der Waals surface area contributed by atoms with Crippen molar-refractivity contribution in [2.45, 2.75) is 47.1 Å². The average Bonchev–Trinajstić information content (AvgIpc) is 2.35. The van der Waals surface area contributed by atoms with Crippen molar-refractivity contribution in [3.63, 3.8) is 0 Å². The predicted molar refractivity (Wildman–Crippen MR) is 93.3 cm³/mol. The molecule has 114 valence electrons. The Labute approximate surface area is 137 Å². The third-order valence-corrected chi connectivity index (χ3v) is 4.30. The molecule has 0 radical (unpaired) electrons. The van der Waals surface area contributed by atoms with Gasteiger partial charge in [-0.15, -0.1) is 0 Å². The van der Waals surface area contributed by atoms with Gasteiger partial charge in [0.1, 0.15) is 0 Å². The van der Waals surface area contributed by atoms with E-state index >= 15 is 0 Å². The maximum atomic E-state index is 6.34. The van der Waals surface area contributed by atoms with Gasteiger partial charge in [0, 0.05) is 16.0 Å². The van der Waals surface area contributed by atoms with Crippen LogP contribution in [0.25, 0.3) is 0 Å². The molecule has 0 atom stereocenters. The lowest BCUT2D eigenvalue weighted by molar-refractivity contribution is 0.236. The van der Waals surface area contributed by atoms with E-state index in [1.54, 1.807) is 0 Å². The van der Waals surface area contributed by atoms with Crippen LogP contribution in [0.4, 0.5) is 0 Å². The van der Waals surface area contributed by atoms with Crippen LogP contribution in [-0.4, -0.2) is 18.0 Å². The Morgan fingerprint density at radius 2 is 1.60 bits per heavy atom. The van der Waals surface area contributed by atoms with Crippen LogP contribution in [0.1, 0.15) is 46.1 Å². The summed E-state index contributed by atoms with van der Waals surface area (Å²) in [5, 5.41) is 0.860. The summed E-state index contributed by atoms with van der Waals surface area (Å²) in [5.41, 5.74) is 1.22. The molecule has 0 N–H and O–H groups in total. The fraction of sp³-hybridized carbons (Fsp3) is 0.647. The number of hydrogen-bond donors (Lipinski definition) is 0. The Kier molecular flexibility index (Phi) is 8.16. The van der Waals surface area contributed by atoms with E-state index in [4.69, 9.17) is 11.6 Å². The zero-order valence-corrected chi connectivity index (χ0v) is 15.5. The van der Waals surface area contributed by atoms with Crippen molar-refractivity contribution in [2.24, 2.45) is 11.8 Å². The summed E-state index contributed by atoms with van der Waals surface area (Å²) >= 11 is 9.81. The molecule has 1 rings (SSSR count). The minimum atomic E-state index is 0.747. The monoisotopic (exact) mass is 359 g/mol. The Hall–Kier alpha value is -0.0500. The highest BCUT2D eigenvalue weighted by molar-refractivity contribution is 9.10. The summed E-state index contributed by atoms with van der Waals surface area (Å²) in [7, 11) is 0. The number of halogens is 2. The van der Waals surface area contributed by atoms with Gasteiger partial charge in [0.25, 0.3) is 0 Å². The van der Waals surface area contributed by atoms with Crippen LogP contribution < -0.4 is 0 Å². The molecule has 0 heterocycles. The second-order valence-corrected chi connectivity index (χ2v) is 7.70. The number of benzene rings is 1. The van der Waals surface area contributed by atoms with Crippen molar-refractivity contribution in [3.8, 4) is 0 Å². The van der Waals surface area contributed by atoms with Gasteiger partial charge in [-0.05, 0) is 55.5 Å². The van der Waals surface area contributed by atoms with Gasteiger partial charge in [-0.1, -0.05) is 61.3 Å². The first-order chi connectivity index (χ1) is 9.38. The number of rotatable bonds is 8. The summed E-state index contributed by atoms with van der Waals surface area (Å²) in [6.07, 6.45) is 2.48. The first-order valence-electron chi connectivity index (χ1n) is 7.54. The van der Waals surface area contributed by atoms with E-state index in [2.05, 4.69) is 60.7 Å². The largest absolute Gasteiger partial charge is 0.299 e. The Balaban J connectivity index is 2.66. The third kappa shape index (κ3) is 7.10. The molecule has 0 amide bonds. The highest BCUT2D eigenvalue weighted by Gasteiger charge is 2.10. The topological polar surface area (TPSA) is 3.24 Å². The summed E-state index contributed by atoms with van der Waals surface area (Å²) < 4.78 is 1.04. The van der Waals surface area contributed by atoms with E-state index in [-0.39, 0.29) is 0 Å². The van der Waals surface area contributed by atoms with Crippen molar-refractivity contribution in [1.82, 2.24) is 4.90 Å². The highest BCUT2D eigenvalue weighted by Crippen LogP contribution is 2.23. The summed E-state index contributed by atoms with van der Waals surface area (Å²) in [6.45, 7) is 12.4. The van der Waals surface area contributed by atoms with Crippen LogP contribution >= 0.6 is 27.5 Å². The molecular weight excluding hydrogens is 334 g/mol. The van der Waals surface area contributed by atoms with Crippen LogP contribution in [0.3, 0.4) is 0 Å². The second kappa shape index (κ2) is 9.07. The van der Waals surface area contributed by atoms with Crippen LogP contribution in [0.5, 0.6) is 0 Å². The van der Waals surface area contributed by atoms with Gasteiger partial charge in [0.05, 0.1) is 0 Å². The lowest BCUT2D eigenvalue weighted by atomic mass is 10.1. The molecule has 0 bridgehead atoms. The van der Waals surface area contributed by atoms with Crippen molar-refractivity contribution in [1.29, 1.82) is 0 Å². The van der Waals surface area contributed by atoms with Crippen molar-refractivity contribution >= 4 is 27.5 Å². The SMILES string of the molecule is CC(C)CCN(CCC(C)C)Cc1ccc(Br)cc1Cl. The summed E-state index contributed by atoms with van der Waals surface area (Å²) in [5.74, 6) is 1.49. The maximum Gasteiger partial charge on any atom is 0.0462 e. The Morgan fingerprint density at radius 1 is 1.05 bits per heavy atom. The molecule has 1 aromatic carbocycles. The van der Waals surface area contributed by atoms with Gasteiger partial charge in [-0.3, -0.25) is 4.90 Å².